The summed E-state index contributed by atoms with van der Waals surface area (Å²) in [5, 5.41) is 15.0. The number of Topliss-reactive ketones (excluding diaryl/α,β-unsaturated/α-hetero) is 1. The first kappa shape index (κ1) is 59.5. The van der Waals surface area contributed by atoms with Gasteiger partial charge >= 0.3 is 0 Å². The summed E-state index contributed by atoms with van der Waals surface area (Å²) >= 11 is 3.15. The molecule has 4 saturated carbocycles. The largest absolute Gasteiger partial charge is 0.457 e. The number of nitrogens with zero attached hydrogens (tertiary/aromatic N) is 6. The average molecular weight is 1120 g/mol. The van der Waals surface area contributed by atoms with Crippen LogP contribution >= 0.6 is 23.1 Å². The Morgan fingerprint density at radius 1 is 0.873 bits per heavy atom. The molecule has 0 spiro atoms. The second kappa shape index (κ2) is 28.7. The van der Waals surface area contributed by atoms with E-state index in [1.807, 2.05) is 94.2 Å². The van der Waals surface area contributed by atoms with E-state index in [0.29, 0.717) is 24.7 Å². The zero-order valence-corrected chi connectivity index (χ0v) is 48.7. The number of alkyl halides is 1. The molecule has 79 heavy (non-hydrogen) atoms. The van der Waals surface area contributed by atoms with Crippen LogP contribution < -0.4 is 26.4 Å². The molecule has 1 amide bonds. The molecule has 4 heterocycles. The van der Waals surface area contributed by atoms with Crippen LogP contribution in [0.4, 0.5) is 10.2 Å². The van der Waals surface area contributed by atoms with E-state index in [-0.39, 0.29) is 30.5 Å². The van der Waals surface area contributed by atoms with E-state index in [2.05, 4.69) is 64.7 Å². The number of nitrogen functional groups attached to an aromatic ring is 1. The van der Waals surface area contributed by atoms with Crippen molar-refractivity contribution in [2.75, 3.05) is 51.8 Å². The highest BCUT2D eigenvalue weighted by Crippen LogP contribution is 2.42. The van der Waals surface area contributed by atoms with E-state index in [1.165, 1.54) is 118 Å². The fraction of sp³-hybridized carbons (Fsp3) is 0.532. The number of amides is 1. The Morgan fingerprint density at radius 2 is 1.53 bits per heavy atom. The first-order chi connectivity index (χ1) is 38.3. The molecule has 3 atom stereocenters. The van der Waals surface area contributed by atoms with Gasteiger partial charge in [0.15, 0.2) is 17.1 Å². The van der Waals surface area contributed by atoms with Gasteiger partial charge in [-0.1, -0.05) is 87.4 Å². The van der Waals surface area contributed by atoms with Gasteiger partial charge in [0, 0.05) is 61.4 Å². The number of rotatable bonds is 16. The molecule has 3 aromatic carbocycles. The van der Waals surface area contributed by atoms with Crippen LogP contribution in [0, 0.1) is 24.7 Å². The number of ketones is 1. The summed E-state index contributed by atoms with van der Waals surface area (Å²) in [5.41, 5.74) is 12.6. The molecule has 17 heteroatoms. The molecule has 6 aromatic rings. The van der Waals surface area contributed by atoms with Gasteiger partial charge in [-0.05, 0) is 139 Å². The fourth-order valence-corrected chi connectivity index (χ4v) is 12.5. The Hall–Kier alpha value is -5.59. The lowest BCUT2D eigenvalue weighted by Gasteiger charge is -2.35. The van der Waals surface area contributed by atoms with Crippen LogP contribution in [0.1, 0.15) is 127 Å². The number of nitrogens with one attached hydrogen (secondary N) is 3. The minimum absolute atomic E-state index is 0.133. The number of hydrogen-bond acceptors (Lipinski definition) is 14. The quantitative estimate of drug-likeness (QED) is 0.0673. The van der Waals surface area contributed by atoms with Crippen molar-refractivity contribution in [1.82, 2.24) is 45.6 Å². The first-order valence-corrected chi connectivity index (χ1v) is 30.8. The maximum absolute atomic E-state index is 13.9. The summed E-state index contributed by atoms with van der Waals surface area (Å²) in [4.78, 5) is 53.0. The van der Waals surface area contributed by atoms with E-state index in [0.717, 1.165) is 77.5 Å². The number of hydrogen-bond donors (Lipinski definition) is 4. The van der Waals surface area contributed by atoms with E-state index in [9.17, 15) is 18.8 Å². The molecule has 1 saturated heterocycles. The van der Waals surface area contributed by atoms with E-state index >= 15 is 0 Å². The number of thioether (sulfide) groups is 1. The molecule has 5 fully saturated rings. The number of para-hydroxylation sites is 1. The van der Waals surface area contributed by atoms with Crippen molar-refractivity contribution in [2.24, 2.45) is 17.8 Å². The van der Waals surface area contributed by atoms with Gasteiger partial charge in [-0.3, -0.25) is 9.59 Å². The Balaban J connectivity index is 0.000000146. The number of aromatic nitrogens is 5. The maximum atomic E-state index is 13.9. The number of ether oxygens (including phenoxy) is 1. The van der Waals surface area contributed by atoms with Gasteiger partial charge in [0.2, 0.25) is 0 Å². The van der Waals surface area contributed by atoms with Crippen molar-refractivity contribution < 1.29 is 23.5 Å². The number of aldehydes is 1. The number of aryl methyl sites for hydroxylation is 1. The van der Waals surface area contributed by atoms with Gasteiger partial charge in [0.1, 0.15) is 41.7 Å². The number of anilines is 1. The molecule has 11 rings (SSSR count). The Labute approximate surface area is 475 Å². The summed E-state index contributed by atoms with van der Waals surface area (Å²) in [7, 11) is 1.96. The van der Waals surface area contributed by atoms with Gasteiger partial charge in [-0.25, -0.2) is 24.0 Å². The number of thiazole rings is 1. The van der Waals surface area contributed by atoms with Crippen molar-refractivity contribution in [3.05, 3.63) is 102 Å². The Bertz CT molecular complexity index is 2840. The summed E-state index contributed by atoms with van der Waals surface area (Å²) < 4.78 is 21.4. The van der Waals surface area contributed by atoms with Crippen molar-refractivity contribution in [3.63, 3.8) is 0 Å². The van der Waals surface area contributed by atoms with Gasteiger partial charge in [-0.2, -0.15) is 16.9 Å². The lowest BCUT2D eigenvalue weighted by Crippen LogP contribution is -2.56. The highest BCUT2D eigenvalue weighted by Gasteiger charge is 2.53. The zero-order valence-electron chi connectivity index (χ0n) is 47.1. The molecule has 5 N–H and O–H groups in total. The van der Waals surface area contributed by atoms with Crippen LogP contribution in [0.15, 0.2) is 90.7 Å². The van der Waals surface area contributed by atoms with Gasteiger partial charge in [0.25, 0.3) is 5.91 Å². The highest BCUT2D eigenvalue weighted by molar-refractivity contribution is 8.00. The molecular formula is C62H83FN10O4S2. The summed E-state index contributed by atoms with van der Waals surface area (Å²) in [6.45, 7) is 13.0. The van der Waals surface area contributed by atoms with Crippen molar-refractivity contribution >= 4 is 57.9 Å². The van der Waals surface area contributed by atoms with Crippen molar-refractivity contribution in [1.29, 1.82) is 0 Å². The van der Waals surface area contributed by atoms with Crippen LogP contribution in [0.5, 0.6) is 11.5 Å². The van der Waals surface area contributed by atoms with E-state index < -0.39 is 22.4 Å². The van der Waals surface area contributed by atoms with Gasteiger partial charge < -0.3 is 36.1 Å². The zero-order chi connectivity index (χ0) is 55.8. The summed E-state index contributed by atoms with van der Waals surface area (Å²) in [5.74, 6) is 1.63. The highest BCUT2D eigenvalue weighted by atomic mass is 32.2. The molecule has 0 bridgehead atoms. The average Bonchev–Trinajstić information content (AvgIpc) is 4.03. The number of halogens is 1. The Kier molecular flexibility index (Phi) is 21.6. The number of fused-ring (bicyclic) bond motifs is 1. The maximum Gasteiger partial charge on any atom is 0.258 e. The fourth-order valence-electron chi connectivity index (χ4n) is 11.3. The molecule has 3 unspecified atom stereocenters. The smallest absolute Gasteiger partial charge is 0.258 e. The lowest BCUT2D eigenvalue weighted by molar-refractivity contribution is -0.135. The van der Waals surface area contributed by atoms with Crippen molar-refractivity contribution in [3.8, 4) is 33.2 Å². The summed E-state index contributed by atoms with van der Waals surface area (Å²) in [6.07, 6.45) is 20.3. The van der Waals surface area contributed by atoms with E-state index in [4.69, 9.17) is 15.6 Å². The number of benzene rings is 3. The van der Waals surface area contributed by atoms with Gasteiger partial charge in [0.05, 0.1) is 27.5 Å². The molecule has 4 aliphatic carbocycles. The van der Waals surface area contributed by atoms with Crippen LogP contribution in [-0.4, -0.2) is 110 Å². The molecule has 3 aromatic heterocycles. The first-order valence-electron chi connectivity index (χ1n) is 28.7. The third-order valence-electron chi connectivity index (χ3n) is 16.3. The van der Waals surface area contributed by atoms with Crippen LogP contribution in [-0.2, 0) is 20.9 Å². The third kappa shape index (κ3) is 16.1. The second-order valence-electron chi connectivity index (χ2n) is 22.4. The molecule has 0 radical (unpaired) electrons. The minimum Gasteiger partial charge on any atom is -0.457 e. The molecular weight excluding hydrogens is 1030 g/mol. The van der Waals surface area contributed by atoms with E-state index in [1.54, 1.807) is 11.3 Å². The predicted molar refractivity (Wildman–Crippen MR) is 319 cm³/mol. The van der Waals surface area contributed by atoms with Gasteiger partial charge in [-0.15, -0.1) is 11.3 Å². The van der Waals surface area contributed by atoms with Crippen LogP contribution in [0.2, 0.25) is 0 Å². The minimum atomic E-state index is -1.80. The predicted octanol–water partition coefficient (Wildman–Crippen LogP) is 12.0. The SMILES string of the molecule is C1CCC(CN2CCNCC2)CC1.CNCc1ccc(-c2scnc2C)cc1.CSC(C)(C)C(NC(=O)C1(F)CC1)C(=O)C1CCCC1C=O.Nc1ncnc2c1c(-c1ccc(Oc3ccccc3)cc1)nn2C1CCCCC1. The van der Waals surface area contributed by atoms with Crippen LogP contribution in [0.25, 0.3) is 32.7 Å². The Morgan fingerprint density at radius 3 is 2.15 bits per heavy atom. The monoisotopic (exact) mass is 1110 g/mol. The standard InChI is InChI=1S/C23H23N5O.C16H24FNO3S.C12H14N2S.C11H22N2/c24-22-20-21(16-11-13-19(14-12-16)29-18-9-5-2-6-10-18)27-28(23(20)26-15-25-22)17-7-3-1-4-8-17;1-15(2,22-3)13(18-14(21)16(17)7-8-16)12(20)11-6-4-5-10(11)9-19;1-9-12(15-8-14-9)11-5-3-10(4-6-11)7-13-2;1-2-4-11(5-3-1)10-13-8-6-12-7-9-13/h2,5-6,9-15,17H,1,3-4,7-8H2,(H2,24,25,26);9-11,13H,4-8H2,1-3H3,(H,18,21);3-6,8,13H,7H2,1-2H3;11-12H,1-10H2. The second-order valence-corrected chi connectivity index (χ2v) is 24.8. The topological polar surface area (TPSA) is 182 Å². The molecule has 424 valence electrons. The molecule has 14 nitrogen and oxygen atoms in total. The lowest BCUT2D eigenvalue weighted by atomic mass is 9.84. The third-order valence-corrected chi connectivity index (χ3v) is 18.6. The summed E-state index contributed by atoms with van der Waals surface area (Å²) in [6, 6.07) is 25.9. The molecule has 5 aliphatic rings. The normalized spacial score (nSPS) is 19.8. The number of carbonyl (C=O) groups is 3. The van der Waals surface area contributed by atoms with Crippen molar-refractivity contribution in [2.45, 2.75) is 146 Å². The van der Waals surface area contributed by atoms with Crippen LogP contribution in [0.3, 0.4) is 0 Å². The number of nitrogens with two attached hydrogens (primary N) is 1. The number of carbonyl (C=O) groups excluding carboxylic acids is 3. The number of piperazine rings is 1. The molecule has 1 aliphatic heterocycles.